The molecule has 0 aliphatic rings. The minimum absolute atomic E-state index is 0.337. The van der Waals surface area contributed by atoms with E-state index in [4.69, 9.17) is 4.74 Å². The van der Waals surface area contributed by atoms with Gasteiger partial charge in [0.1, 0.15) is 17.7 Å². The molecule has 0 amide bonds. The Hall–Kier alpha value is -3.88. The fraction of sp³-hybridized carbons (Fsp3) is 0.143. The van der Waals surface area contributed by atoms with Gasteiger partial charge in [0, 0.05) is 12.7 Å². The van der Waals surface area contributed by atoms with Gasteiger partial charge in [0.15, 0.2) is 17.3 Å². The van der Waals surface area contributed by atoms with Gasteiger partial charge in [-0.3, -0.25) is 0 Å². The molecule has 0 saturated heterocycles. The highest BCUT2D eigenvalue weighted by atomic mass is 19.2. The van der Waals surface area contributed by atoms with Crippen LogP contribution in [0.4, 0.5) is 8.78 Å². The Morgan fingerprint density at radius 2 is 1.90 bits per heavy atom. The molecule has 1 aromatic carbocycles. The van der Waals surface area contributed by atoms with Crippen LogP contribution in [-0.4, -0.2) is 36.2 Å². The van der Waals surface area contributed by atoms with Crippen LogP contribution >= 0.6 is 0 Å². The van der Waals surface area contributed by atoms with Crippen molar-refractivity contribution in [1.29, 1.82) is 0 Å². The maximum atomic E-state index is 13.7. The zero-order valence-corrected chi connectivity index (χ0v) is 16.2. The molecule has 150 valence electrons. The second-order valence-electron chi connectivity index (χ2n) is 6.83. The van der Waals surface area contributed by atoms with Crippen molar-refractivity contribution in [2.24, 2.45) is 0 Å². The molecule has 0 spiro atoms. The van der Waals surface area contributed by atoms with Crippen LogP contribution in [0, 0.1) is 18.6 Å². The van der Waals surface area contributed by atoms with E-state index < -0.39 is 11.6 Å². The van der Waals surface area contributed by atoms with Crippen molar-refractivity contribution in [2.45, 2.75) is 13.5 Å². The second kappa shape index (κ2) is 6.87. The summed E-state index contributed by atoms with van der Waals surface area (Å²) in [6.45, 7) is 2.19. The average Bonchev–Trinajstić information content (AvgIpc) is 3.31. The number of nitrogens with zero attached hydrogens (tertiary/aromatic N) is 6. The van der Waals surface area contributed by atoms with Crippen LogP contribution in [0.15, 0.2) is 49.1 Å². The number of aryl methyl sites for hydroxylation is 1. The number of pyridine rings is 1. The number of hydrogen-bond acceptors (Lipinski definition) is 5. The van der Waals surface area contributed by atoms with Gasteiger partial charge in [-0.1, -0.05) is 6.07 Å². The first-order valence-electron chi connectivity index (χ1n) is 9.18. The summed E-state index contributed by atoms with van der Waals surface area (Å²) in [5, 5.41) is 0. The van der Waals surface area contributed by atoms with E-state index in [1.54, 1.807) is 19.4 Å². The summed E-state index contributed by atoms with van der Waals surface area (Å²) in [5.41, 5.74) is 4.21. The van der Waals surface area contributed by atoms with Crippen LogP contribution < -0.4 is 4.74 Å². The number of fused-ring (bicyclic) bond motifs is 2. The summed E-state index contributed by atoms with van der Waals surface area (Å²) < 4.78 is 36.1. The molecule has 5 rings (SSSR count). The smallest absolute Gasteiger partial charge is 0.241 e. The van der Waals surface area contributed by atoms with Crippen molar-refractivity contribution < 1.29 is 13.5 Å². The van der Waals surface area contributed by atoms with E-state index in [-0.39, 0.29) is 0 Å². The molecule has 7 nitrogen and oxygen atoms in total. The topological polar surface area (TPSA) is 70.7 Å². The van der Waals surface area contributed by atoms with Crippen LogP contribution in [0.3, 0.4) is 0 Å². The Bertz CT molecular complexity index is 1410. The fourth-order valence-corrected chi connectivity index (χ4v) is 3.57. The summed E-state index contributed by atoms with van der Waals surface area (Å²) >= 11 is 0. The van der Waals surface area contributed by atoms with Crippen LogP contribution in [-0.2, 0) is 6.54 Å². The molecular weight excluding hydrogens is 390 g/mol. The van der Waals surface area contributed by atoms with Crippen molar-refractivity contribution in [3.05, 3.63) is 72.1 Å². The van der Waals surface area contributed by atoms with E-state index in [0.29, 0.717) is 23.6 Å². The maximum Gasteiger partial charge on any atom is 0.241 e. The molecule has 0 N–H and O–H groups in total. The zero-order valence-electron chi connectivity index (χ0n) is 16.2. The largest absolute Gasteiger partial charge is 0.479 e. The van der Waals surface area contributed by atoms with Crippen LogP contribution in [0.2, 0.25) is 0 Å². The highest BCUT2D eigenvalue weighted by Gasteiger charge is 2.15. The summed E-state index contributed by atoms with van der Waals surface area (Å²) in [7, 11) is 1.56. The number of ether oxygens (including phenoxy) is 1. The molecule has 0 atom stereocenters. The van der Waals surface area contributed by atoms with E-state index in [1.807, 2.05) is 34.4 Å². The molecule has 4 heterocycles. The molecule has 0 fully saturated rings. The van der Waals surface area contributed by atoms with Crippen molar-refractivity contribution in [3.63, 3.8) is 0 Å². The van der Waals surface area contributed by atoms with Gasteiger partial charge < -0.3 is 13.9 Å². The lowest BCUT2D eigenvalue weighted by atomic mass is 10.2. The van der Waals surface area contributed by atoms with Crippen molar-refractivity contribution in [2.75, 3.05) is 7.11 Å². The van der Waals surface area contributed by atoms with Crippen LogP contribution in [0.1, 0.15) is 11.4 Å². The molecule has 0 unspecified atom stereocenters. The van der Waals surface area contributed by atoms with Gasteiger partial charge in [-0.05, 0) is 36.8 Å². The number of rotatable bonds is 4. The van der Waals surface area contributed by atoms with Gasteiger partial charge >= 0.3 is 0 Å². The van der Waals surface area contributed by atoms with Crippen LogP contribution in [0.5, 0.6) is 5.88 Å². The third-order valence-corrected chi connectivity index (χ3v) is 5.02. The molecule has 0 radical (unpaired) electrons. The molecule has 5 aromatic rings. The predicted octanol–water partition coefficient (Wildman–Crippen LogP) is 3.81. The SMILES string of the molecule is COc1ncnc2ccn(-c3cnc4nc(C)n(Cc5ccc(F)c(F)c5)c4c3)c12. The van der Waals surface area contributed by atoms with E-state index >= 15 is 0 Å². The zero-order chi connectivity index (χ0) is 20.8. The highest BCUT2D eigenvalue weighted by Crippen LogP contribution is 2.27. The molecule has 0 aliphatic carbocycles. The van der Waals surface area contributed by atoms with Crippen molar-refractivity contribution in [3.8, 4) is 11.6 Å². The third-order valence-electron chi connectivity index (χ3n) is 5.02. The average molecular weight is 406 g/mol. The van der Waals surface area contributed by atoms with Gasteiger partial charge in [-0.15, -0.1) is 0 Å². The number of hydrogen-bond donors (Lipinski definition) is 0. The summed E-state index contributed by atoms with van der Waals surface area (Å²) in [4.78, 5) is 17.4. The highest BCUT2D eigenvalue weighted by molar-refractivity contribution is 5.83. The summed E-state index contributed by atoms with van der Waals surface area (Å²) in [6.07, 6.45) is 5.03. The molecular formula is C21H16F2N6O. The summed E-state index contributed by atoms with van der Waals surface area (Å²) in [6, 6.07) is 7.69. The molecule has 0 bridgehead atoms. The van der Waals surface area contributed by atoms with Gasteiger partial charge in [0.05, 0.1) is 30.0 Å². The van der Waals surface area contributed by atoms with E-state index in [1.165, 1.54) is 12.4 Å². The van der Waals surface area contributed by atoms with Crippen molar-refractivity contribution >= 4 is 22.2 Å². The molecule has 0 aliphatic heterocycles. The monoisotopic (exact) mass is 406 g/mol. The fourth-order valence-electron chi connectivity index (χ4n) is 3.57. The Balaban J connectivity index is 1.64. The normalized spacial score (nSPS) is 11.5. The Kier molecular flexibility index (Phi) is 4.16. The third kappa shape index (κ3) is 2.86. The van der Waals surface area contributed by atoms with E-state index in [2.05, 4.69) is 19.9 Å². The minimum atomic E-state index is -0.876. The number of imidazole rings is 1. The first-order valence-corrected chi connectivity index (χ1v) is 9.18. The molecule has 30 heavy (non-hydrogen) atoms. The van der Waals surface area contributed by atoms with Gasteiger partial charge in [0.2, 0.25) is 5.88 Å². The number of benzene rings is 1. The van der Waals surface area contributed by atoms with E-state index in [0.717, 1.165) is 34.1 Å². The standard InChI is InChI=1S/C21H16F2N6O/c1-12-27-20-18(29(12)10-13-3-4-15(22)16(23)7-13)8-14(9-24-20)28-6-5-17-19(28)21(30-2)26-11-25-17/h3-9,11H,10H2,1-2H3. The van der Waals surface area contributed by atoms with Crippen molar-refractivity contribution in [1.82, 2.24) is 29.1 Å². The molecule has 0 saturated carbocycles. The summed E-state index contributed by atoms with van der Waals surface area (Å²) in [5.74, 6) is -0.570. The molecule has 9 heteroatoms. The Morgan fingerprint density at radius 1 is 1.03 bits per heavy atom. The van der Waals surface area contributed by atoms with Gasteiger partial charge in [-0.25, -0.2) is 23.7 Å². The number of methoxy groups -OCH3 is 1. The Morgan fingerprint density at radius 3 is 2.70 bits per heavy atom. The lowest BCUT2D eigenvalue weighted by Gasteiger charge is -2.10. The quantitative estimate of drug-likeness (QED) is 0.454. The number of aromatic nitrogens is 6. The Labute approximate surface area is 169 Å². The minimum Gasteiger partial charge on any atom is -0.479 e. The van der Waals surface area contributed by atoms with E-state index in [9.17, 15) is 8.78 Å². The van der Waals surface area contributed by atoms with Gasteiger partial charge in [0.25, 0.3) is 0 Å². The maximum absolute atomic E-state index is 13.7. The first kappa shape index (κ1) is 18.2. The van der Waals surface area contributed by atoms with Gasteiger partial charge in [-0.2, -0.15) is 4.98 Å². The lowest BCUT2D eigenvalue weighted by molar-refractivity contribution is 0.401. The number of halogens is 2. The van der Waals surface area contributed by atoms with Crippen LogP contribution in [0.25, 0.3) is 27.9 Å². The predicted molar refractivity (Wildman–Crippen MR) is 107 cm³/mol. The first-order chi connectivity index (χ1) is 14.5. The lowest BCUT2D eigenvalue weighted by Crippen LogP contribution is -2.04. The molecule has 4 aromatic heterocycles. The second-order valence-corrected chi connectivity index (χ2v) is 6.83.